The predicted octanol–water partition coefficient (Wildman–Crippen LogP) is 3.28. The van der Waals surface area contributed by atoms with Crippen molar-refractivity contribution in [3.05, 3.63) is 34.9 Å². The molecule has 1 unspecified atom stereocenters. The van der Waals surface area contributed by atoms with Crippen molar-refractivity contribution in [1.82, 2.24) is 15.1 Å². The monoisotopic (exact) mass is 463 g/mol. The smallest absolute Gasteiger partial charge is 0.410 e. The summed E-state index contributed by atoms with van der Waals surface area (Å²) in [6.45, 7) is 8.36. The lowest BCUT2D eigenvalue weighted by Gasteiger charge is -2.47. The number of imide groups is 1. The van der Waals surface area contributed by atoms with E-state index in [-0.39, 0.29) is 36.5 Å². The first kappa shape index (κ1) is 23.6. The standard InChI is InChI=1S/C24H31F2N3O4/c1-24(2,3)33-23(32)29-12-16(13-29)28-8-6-14(7-9-28)15-10-18(25)21(19(26)11-15)17-4-5-20(30)27-22(17)31/h10-11,14,16-17H,4-9,12-13H2,1-3H3,(H,27,30,31). The summed E-state index contributed by atoms with van der Waals surface area (Å²) in [5.74, 6) is -3.47. The highest BCUT2D eigenvalue weighted by atomic mass is 19.1. The second-order valence-corrected chi connectivity index (χ2v) is 10.3. The molecule has 3 aliphatic heterocycles. The minimum atomic E-state index is -0.981. The van der Waals surface area contributed by atoms with E-state index >= 15 is 0 Å². The molecular formula is C24H31F2N3O4. The number of piperidine rings is 2. The molecule has 3 aliphatic rings. The van der Waals surface area contributed by atoms with Crippen LogP contribution in [0.25, 0.3) is 0 Å². The fourth-order valence-electron chi connectivity index (χ4n) is 4.90. The summed E-state index contributed by atoms with van der Waals surface area (Å²) in [6.07, 6.45) is 1.41. The highest BCUT2D eigenvalue weighted by Gasteiger charge is 2.39. The second-order valence-electron chi connectivity index (χ2n) is 10.3. The van der Waals surface area contributed by atoms with Crippen molar-refractivity contribution < 1.29 is 27.9 Å². The number of amides is 3. The average Bonchev–Trinajstić information content (AvgIpc) is 2.67. The van der Waals surface area contributed by atoms with Gasteiger partial charge in [-0.25, -0.2) is 13.6 Å². The first-order valence-corrected chi connectivity index (χ1v) is 11.6. The first-order chi connectivity index (χ1) is 15.5. The number of nitrogens with one attached hydrogen (secondary N) is 1. The Kier molecular flexibility index (Phi) is 6.44. The molecule has 0 radical (unpaired) electrons. The number of carbonyl (C=O) groups is 3. The van der Waals surface area contributed by atoms with Crippen molar-refractivity contribution in [3.63, 3.8) is 0 Å². The highest BCUT2D eigenvalue weighted by Crippen LogP contribution is 2.35. The minimum Gasteiger partial charge on any atom is -0.444 e. The molecule has 1 atom stereocenters. The molecule has 9 heteroatoms. The van der Waals surface area contributed by atoms with E-state index in [0.717, 1.165) is 25.9 Å². The van der Waals surface area contributed by atoms with Gasteiger partial charge < -0.3 is 9.64 Å². The Bertz CT molecular complexity index is 925. The molecule has 1 aromatic carbocycles. The van der Waals surface area contributed by atoms with Crippen LogP contribution >= 0.6 is 0 Å². The Balaban J connectivity index is 1.33. The van der Waals surface area contributed by atoms with Crippen LogP contribution in [0.1, 0.15) is 69.4 Å². The third kappa shape index (κ3) is 5.18. The normalized spacial score (nSPS) is 23.3. The lowest BCUT2D eigenvalue weighted by atomic mass is 9.84. The van der Waals surface area contributed by atoms with Gasteiger partial charge in [-0.2, -0.15) is 0 Å². The van der Waals surface area contributed by atoms with Gasteiger partial charge in [0.05, 0.1) is 5.92 Å². The molecular weight excluding hydrogens is 432 g/mol. The zero-order valence-electron chi connectivity index (χ0n) is 19.3. The molecule has 7 nitrogen and oxygen atoms in total. The van der Waals surface area contributed by atoms with Gasteiger partial charge >= 0.3 is 6.09 Å². The van der Waals surface area contributed by atoms with Crippen molar-refractivity contribution in [1.29, 1.82) is 0 Å². The molecule has 3 heterocycles. The van der Waals surface area contributed by atoms with Crippen LogP contribution < -0.4 is 5.32 Å². The van der Waals surface area contributed by atoms with E-state index in [1.807, 2.05) is 20.8 Å². The third-order valence-electron chi connectivity index (χ3n) is 6.72. The molecule has 3 saturated heterocycles. The van der Waals surface area contributed by atoms with Gasteiger partial charge in [0.25, 0.3) is 0 Å². The van der Waals surface area contributed by atoms with Crippen molar-refractivity contribution in [3.8, 4) is 0 Å². The molecule has 4 rings (SSSR count). The third-order valence-corrected chi connectivity index (χ3v) is 6.72. The molecule has 3 amide bonds. The largest absolute Gasteiger partial charge is 0.444 e. The van der Waals surface area contributed by atoms with Gasteiger partial charge in [-0.15, -0.1) is 0 Å². The SMILES string of the molecule is CC(C)(C)OC(=O)N1CC(N2CCC(c3cc(F)c(C4CCC(=O)NC4=O)c(F)c3)CC2)C1. The molecule has 0 aliphatic carbocycles. The summed E-state index contributed by atoms with van der Waals surface area (Å²) in [5.41, 5.74) is -0.165. The number of halogens is 2. The number of nitrogens with zero attached hydrogens (tertiary/aromatic N) is 2. The number of hydrogen-bond acceptors (Lipinski definition) is 5. The quantitative estimate of drug-likeness (QED) is 0.696. The summed E-state index contributed by atoms with van der Waals surface area (Å²) in [6, 6.07) is 2.97. The zero-order valence-corrected chi connectivity index (χ0v) is 19.3. The van der Waals surface area contributed by atoms with Gasteiger partial charge in [-0.05, 0) is 76.7 Å². The number of ether oxygens (including phenoxy) is 1. The Morgan fingerprint density at radius 3 is 2.21 bits per heavy atom. The number of hydrogen-bond donors (Lipinski definition) is 1. The lowest BCUT2D eigenvalue weighted by Crippen LogP contribution is -2.62. The highest BCUT2D eigenvalue weighted by molar-refractivity contribution is 6.01. The van der Waals surface area contributed by atoms with Gasteiger partial charge in [0.1, 0.15) is 17.2 Å². The molecule has 0 saturated carbocycles. The molecule has 0 bridgehead atoms. The van der Waals surface area contributed by atoms with Gasteiger partial charge in [-0.3, -0.25) is 19.8 Å². The molecule has 0 spiro atoms. The Hall–Kier alpha value is -2.55. The Morgan fingerprint density at radius 1 is 1.06 bits per heavy atom. The van der Waals surface area contributed by atoms with E-state index in [2.05, 4.69) is 10.2 Å². The van der Waals surface area contributed by atoms with Crippen LogP contribution in [0, 0.1) is 11.6 Å². The van der Waals surface area contributed by atoms with Crippen LogP contribution in [0.4, 0.5) is 13.6 Å². The number of rotatable bonds is 3. The predicted molar refractivity (Wildman–Crippen MR) is 117 cm³/mol. The maximum atomic E-state index is 14.9. The van der Waals surface area contributed by atoms with Gasteiger partial charge in [-0.1, -0.05) is 0 Å². The summed E-state index contributed by atoms with van der Waals surface area (Å²) in [7, 11) is 0. The maximum Gasteiger partial charge on any atom is 0.410 e. The fraction of sp³-hybridized carbons (Fsp3) is 0.625. The molecule has 3 fully saturated rings. The van der Waals surface area contributed by atoms with Crippen molar-refractivity contribution >= 4 is 17.9 Å². The molecule has 33 heavy (non-hydrogen) atoms. The first-order valence-electron chi connectivity index (χ1n) is 11.6. The topological polar surface area (TPSA) is 79.0 Å². The second kappa shape index (κ2) is 9.00. The van der Waals surface area contributed by atoms with Crippen molar-refractivity contribution in [2.75, 3.05) is 26.2 Å². The van der Waals surface area contributed by atoms with Gasteiger partial charge in [0.15, 0.2) is 0 Å². The van der Waals surface area contributed by atoms with E-state index < -0.39 is 35.0 Å². The molecule has 180 valence electrons. The van der Waals surface area contributed by atoms with E-state index in [1.165, 1.54) is 12.1 Å². The molecule has 0 aromatic heterocycles. The zero-order chi connectivity index (χ0) is 23.9. The fourth-order valence-corrected chi connectivity index (χ4v) is 4.90. The van der Waals surface area contributed by atoms with Crippen LogP contribution in [-0.2, 0) is 14.3 Å². The van der Waals surface area contributed by atoms with E-state index in [1.54, 1.807) is 4.90 Å². The number of benzene rings is 1. The molecule has 1 aromatic rings. The van der Waals surface area contributed by atoms with Gasteiger partial charge in [0.2, 0.25) is 11.8 Å². The van der Waals surface area contributed by atoms with E-state index in [4.69, 9.17) is 4.74 Å². The van der Waals surface area contributed by atoms with E-state index in [9.17, 15) is 23.2 Å². The van der Waals surface area contributed by atoms with E-state index in [0.29, 0.717) is 18.7 Å². The van der Waals surface area contributed by atoms with Gasteiger partial charge in [0, 0.05) is 31.1 Å². The number of carbonyl (C=O) groups excluding carboxylic acids is 3. The number of likely N-dealkylation sites (tertiary alicyclic amines) is 2. The Labute approximate surface area is 192 Å². The Morgan fingerprint density at radius 2 is 1.67 bits per heavy atom. The van der Waals surface area contributed by atoms with Crippen LogP contribution in [0.2, 0.25) is 0 Å². The summed E-state index contributed by atoms with van der Waals surface area (Å²) in [5, 5.41) is 2.16. The average molecular weight is 464 g/mol. The summed E-state index contributed by atoms with van der Waals surface area (Å²) in [4.78, 5) is 39.5. The van der Waals surface area contributed by atoms with Crippen LogP contribution in [0.3, 0.4) is 0 Å². The maximum absolute atomic E-state index is 14.9. The summed E-state index contributed by atoms with van der Waals surface area (Å²) >= 11 is 0. The summed E-state index contributed by atoms with van der Waals surface area (Å²) < 4.78 is 35.1. The van der Waals surface area contributed by atoms with Crippen LogP contribution in [0.5, 0.6) is 0 Å². The van der Waals surface area contributed by atoms with Crippen molar-refractivity contribution in [2.24, 2.45) is 0 Å². The van der Waals surface area contributed by atoms with Crippen molar-refractivity contribution in [2.45, 2.75) is 69.9 Å². The van der Waals surface area contributed by atoms with Crippen LogP contribution in [-0.4, -0.2) is 65.5 Å². The van der Waals surface area contributed by atoms with Crippen LogP contribution in [0.15, 0.2) is 12.1 Å². The lowest BCUT2D eigenvalue weighted by molar-refractivity contribution is -0.134. The minimum absolute atomic E-state index is 0.0306. The molecule has 1 N–H and O–H groups in total.